The maximum atomic E-state index is 13.3. The number of hydrogen-bond acceptors (Lipinski definition) is 2. The summed E-state index contributed by atoms with van der Waals surface area (Å²) >= 11 is 0. The van der Waals surface area contributed by atoms with E-state index in [2.05, 4.69) is 9.97 Å². The zero-order chi connectivity index (χ0) is 11.5. The van der Waals surface area contributed by atoms with Gasteiger partial charge in [-0.25, -0.2) is 13.8 Å². The number of benzene rings is 1. The average Bonchev–Trinajstić information content (AvgIpc) is 2.75. The molecule has 0 aliphatic rings. The van der Waals surface area contributed by atoms with Crippen LogP contribution in [0.15, 0.2) is 30.6 Å². The first kappa shape index (κ1) is 10.8. The van der Waals surface area contributed by atoms with Crippen molar-refractivity contribution >= 4 is 0 Å². The summed E-state index contributed by atoms with van der Waals surface area (Å²) in [5, 5.41) is 0. The van der Waals surface area contributed by atoms with Crippen molar-refractivity contribution in [3.8, 4) is 0 Å². The summed E-state index contributed by atoms with van der Waals surface area (Å²) in [7, 11) is 0. The number of H-pyrrole nitrogens is 1. The third-order valence-electron chi connectivity index (χ3n) is 2.33. The van der Waals surface area contributed by atoms with Gasteiger partial charge in [-0.2, -0.15) is 0 Å². The third kappa shape index (κ3) is 2.25. The van der Waals surface area contributed by atoms with E-state index in [9.17, 15) is 8.78 Å². The molecule has 0 saturated carbocycles. The Balaban J connectivity index is 2.15. The molecule has 5 heteroatoms. The molecular weight excluding hydrogens is 212 g/mol. The fraction of sp³-hybridized carbons (Fsp3) is 0.182. The SMILES string of the molecule is NC(Cc1ccc(F)cc1F)c1ncc[nH]1. The quantitative estimate of drug-likeness (QED) is 0.835. The molecule has 0 bridgehead atoms. The summed E-state index contributed by atoms with van der Waals surface area (Å²) in [5.41, 5.74) is 6.20. The van der Waals surface area contributed by atoms with Crippen molar-refractivity contribution in [3.63, 3.8) is 0 Å². The Morgan fingerprint density at radius 2 is 2.19 bits per heavy atom. The predicted molar refractivity (Wildman–Crippen MR) is 55.6 cm³/mol. The third-order valence-corrected chi connectivity index (χ3v) is 2.33. The first-order valence-electron chi connectivity index (χ1n) is 4.85. The molecule has 16 heavy (non-hydrogen) atoms. The molecule has 3 N–H and O–H groups in total. The lowest BCUT2D eigenvalue weighted by molar-refractivity contribution is 0.559. The molecule has 0 amide bonds. The predicted octanol–water partition coefficient (Wildman–Crippen LogP) is 1.93. The molecule has 1 aromatic carbocycles. The number of imidazole rings is 1. The molecule has 1 atom stereocenters. The van der Waals surface area contributed by atoms with Gasteiger partial charge in [-0.1, -0.05) is 6.07 Å². The van der Waals surface area contributed by atoms with E-state index in [0.29, 0.717) is 11.4 Å². The lowest BCUT2D eigenvalue weighted by atomic mass is 10.1. The minimum absolute atomic E-state index is 0.277. The minimum atomic E-state index is -0.590. The molecule has 0 radical (unpaired) electrons. The van der Waals surface area contributed by atoms with E-state index in [1.807, 2.05) is 0 Å². The van der Waals surface area contributed by atoms with Crippen molar-refractivity contribution in [2.75, 3.05) is 0 Å². The van der Waals surface area contributed by atoms with Crippen LogP contribution in [0.4, 0.5) is 8.78 Å². The van der Waals surface area contributed by atoms with E-state index >= 15 is 0 Å². The van der Waals surface area contributed by atoms with Gasteiger partial charge < -0.3 is 10.7 Å². The number of aromatic amines is 1. The van der Waals surface area contributed by atoms with Gasteiger partial charge in [-0.3, -0.25) is 0 Å². The normalized spacial score (nSPS) is 12.7. The number of hydrogen-bond donors (Lipinski definition) is 2. The van der Waals surface area contributed by atoms with Crippen LogP contribution in [-0.2, 0) is 6.42 Å². The van der Waals surface area contributed by atoms with Crippen LogP contribution in [0.1, 0.15) is 17.4 Å². The second kappa shape index (κ2) is 4.40. The van der Waals surface area contributed by atoms with E-state index < -0.39 is 17.7 Å². The molecule has 1 aromatic heterocycles. The monoisotopic (exact) mass is 223 g/mol. The number of nitrogens with one attached hydrogen (secondary N) is 1. The highest BCUT2D eigenvalue weighted by Crippen LogP contribution is 2.16. The van der Waals surface area contributed by atoms with Gasteiger partial charge in [0.15, 0.2) is 0 Å². The largest absolute Gasteiger partial charge is 0.347 e. The van der Waals surface area contributed by atoms with Crippen LogP contribution in [0.25, 0.3) is 0 Å². The number of nitrogens with two attached hydrogens (primary N) is 1. The number of halogens is 2. The Bertz CT molecular complexity index is 468. The first-order valence-corrected chi connectivity index (χ1v) is 4.85. The molecular formula is C11H11F2N3. The van der Waals surface area contributed by atoms with Gasteiger partial charge in [0, 0.05) is 18.5 Å². The van der Waals surface area contributed by atoms with Crippen molar-refractivity contribution in [3.05, 3.63) is 53.6 Å². The zero-order valence-electron chi connectivity index (χ0n) is 8.45. The first-order chi connectivity index (χ1) is 7.66. The fourth-order valence-electron chi connectivity index (χ4n) is 1.50. The van der Waals surface area contributed by atoms with Crippen LogP contribution in [0.3, 0.4) is 0 Å². The van der Waals surface area contributed by atoms with Gasteiger partial charge in [-0.05, 0) is 18.1 Å². The Morgan fingerprint density at radius 3 is 2.81 bits per heavy atom. The summed E-state index contributed by atoms with van der Waals surface area (Å²) in [4.78, 5) is 6.84. The highest BCUT2D eigenvalue weighted by Gasteiger charge is 2.12. The highest BCUT2D eigenvalue weighted by atomic mass is 19.1. The molecule has 1 heterocycles. The molecule has 2 aromatic rings. The van der Waals surface area contributed by atoms with E-state index in [1.54, 1.807) is 12.4 Å². The Kier molecular flexibility index (Phi) is 2.96. The van der Waals surface area contributed by atoms with Crippen LogP contribution in [-0.4, -0.2) is 9.97 Å². The summed E-state index contributed by atoms with van der Waals surface area (Å²) in [6.07, 6.45) is 3.51. The van der Waals surface area contributed by atoms with Crippen molar-refractivity contribution in [1.82, 2.24) is 9.97 Å². The van der Waals surface area contributed by atoms with Crippen LogP contribution >= 0.6 is 0 Å². The summed E-state index contributed by atoms with van der Waals surface area (Å²) in [6.45, 7) is 0. The van der Waals surface area contributed by atoms with Gasteiger partial charge in [0.1, 0.15) is 17.5 Å². The summed E-state index contributed by atoms with van der Waals surface area (Å²) in [6, 6.07) is 3.04. The lowest BCUT2D eigenvalue weighted by Gasteiger charge is -2.09. The number of rotatable bonds is 3. The van der Waals surface area contributed by atoms with E-state index in [1.165, 1.54) is 12.1 Å². The molecule has 0 aliphatic heterocycles. The molecule has 84 valence electrons. The van der Waals surface area contributed by atoms with Gasteiger partial charge in [-0.15, -0.1) is 0 Å². The highest BCUT2D eigenvalue weighted by molar-refractivity contribution is 5.20. The molecule has 0 aliphatic carbocycles. The van der Waals surface area contributed by atoms with Crippen LogP contribution in [0.5, 0.6) is 0 Å². The molecule has 3 nitrogen and oxygen atoms in total. The van der Waals surface area contributed by atoms with Crippen molar-refractivity contribution in [1.29, 1.82) is 0 Å². The van der Waals surface area contributed by atoms with Gasteiger partial charge >= 0.3 is 0 Å². The van der Waals surface area contributed by atoms with E-state index in [4.69, 9.17) is 5.73 Å². The molecule has 2 rings (SSSR count). The van der Waals surface area contributed by atoms with Gasteiger partial charge in [0.2, 0.25) is 0 Å². The maximum Gasteiger partial charge on any atom is 0.129 e. The fourth-order valence-corrected chi connectivity index (χ4v) is 1.50. The zero-order valence-corrected chi connectivity index (χ0v) is 8.45. The second-order valence-corrected chi connectivity index (χ2v) is 3.52. The van der Waals surface area contributed by atoms with Crippen LogP contribution in [0, 0.1) is 11.6 Å². The molecule has 0 fully saturated rings. The molecule has 0 spiro atoms. The Labute approximate surface area is 91.3 Å². The maximum absolute atomic E-state index is 13.3. The van der Waals surface area contributed by atoms with E-state index in [-0.39, 0.29) is 6.42 Å². The smallest absolute Gasteiger partial charge is 0.129 e. The second-order valence-electron chi connectivity index (χ2n) is 3.52. The van der Waals surface area contributed by atoms with Crippen molar-refractivity contribution in [2.24, 2.45) is 5.73 Å². The minimum Gasteiger partial charge on any atom is -0.347 e. The Morgan fingerprint density at radius 1 is 1.38 bits per heavy atom. The Hall–Kier alpha value is -1.75. The average molecular weight is 223 g/mol. The van der Waals surface area contributed by atoms with E-state index in [0.717, 1.165) is 6.07 Å². The van der Waals surface area contributed by atoms with Crippen LogP contribution in [0.2, 0.25) is 0 Å². The van der Waals surface area contributed by atoms with Gasteiger partial charge in [0.05, 0.1) is 6.04 Å². The molecule has 0 saturated heterocycles. The van der Waals surface area contributed by atoms with Gasteiger partial charge in [0.25, 0.3) is 0 Å². The standard InChI is InChI=1S/C11H11F2N3/c12-8-2-1-7(9(13)6-8)5-10(14)11-15-3-4-16-11/h1-4,6,10H,5,14H2,(H,15,16). The van der Waals surface area contributed by atoms with Crippen molar-refractivity contribution in [2.45, 2.75) is 12.5 Å². The van der Waals surface area contributed by atoms with Crippen LogP contribution < -0.4 is 5.73 Å². The number of aromatic nitrogens is 2. The number of nitrogens with zero attached hydrogens (tertiary/aromatic N) is 1. The summed E-state index contributed by atoms with van der Waals surface area (Å²) < 4.78 is 26.0. The lowest BCUT2D eigenvalue weighted by Crippen LogP contribution is -2.15. The van der Waals surface area contributed by atoms with Crippen molar-refractivity contribution < 1.29 is 8.78 Å². The topological polar surface area (TPSA) is 54.7 Å². The molecule has 1 unspecified atom stereocenters. The summed E-state index contributed by atoms with van der Waals surface area (Å²) in [5.74, 6) is -0.585.